The van der Waals surface area contributed by atoms with Crippen molar-refractivity contribution in [1.29, 1.82) is 0 Å². The number of nitrogen functional groups attached to an aromatic ring is 1. The van der Waals surface area contributed by atoms with E-state index in [4.69, 9.17) is 10.5 Å². The van der Waals surface area contributed by atoms with Crippen molar-refractivity contribution in [2.75, 3.05) is 18.1 Å². The second kappa shape index (κ2) is 6.68. The molecule has 0 aliphatic carbocycles. The summed E-state index contributed by atoms with van der Waals surface area (Å²) >= 11 is 3.30. The van der Waals surface area contributed by atoms with Crippen molar-refractivity contribution in [3.05, 3.63) is 41.8 Å². The smallest absolute Gasteiger partial charge is 0.142 e. The molecule has 1 aromatic carbocycles. The van der Waals surface area contributed by atoms with Crippen LogP contribution in [0.2, 0.25) is 0 Å². The number of ether oxygens (including phenoxy) is 1. The first-order valence-electron chi connectivity index (χ1n) is 5.57. The zero-order chi connectivity index (χ0) is 12.8. The van der Waals surface area contributed by atoms with E-state index in [1.165, 1.54) is 4.21 Å². The molecule has 0 fully saturated rings. The number of anilines is 1. The van der Waals surface area contributed by atoms with Gasteiger partial charge in [-0.15, -0.1) is 23.1 Å². The number of benzene rings is 1. The Morgan fingerprint density at radius 1 is 1.28 bits per heavy atom. The zero-order valence-electron chi connectivity index (χ0n) is 9.78. The van der Waals surface area contributed by atoms with Crippen LogP contribution >= 0.6 is 23.1 Å². The summed E-state index contributed by atoms with van der Waals surface area (Å²) in [6, 6.07) is 11.3. The van der Waals surface area contributed by atoms with E-state index in [1.807, 2.05) is 29.6 Å². The molecule has 1 aromatic heterocycles. The Hall–Kier alpha value is -1.17. The largest absolute Gasteiger partial charge is 0.489 e. The third-order valence-electron chi connectivity index (χ3n) is 2.26. The summed E-state index contributed by atoms with van der Waals surface area (Å²) in [5.41, 5.74) is 6.34. The lowest BCUT2D eigenvalue weighted by Gasteiger charge is -2.12. The molecule has 0 radical (unpaired) electrons. The number of aliphatic hydroxyl groups is 1. The molecule has 2 aromatic rings. The van der Waals surface area contributed by atoms with Crippen LogP contribution in [0.15, 0.2) is 46.0 Å². The maximum absolute atomic E-state index is 9.82. The van der Waals surface area contributed by atoms with Crippen LogP contribution in [-0.2, 0) is 0 Å². The van der Waals surface area contributed by atoms with Gasteiger partial charge < -0.3 is 15.6 Å². The Balaban J connectivity index is 1.75. The number of para-hydroxylation sites is 2. The molecular weight excluding hydrogens is 266 g/mol. The van der Waals surface area contributed by atoms with E-state index >= 15 is 0 Å². The number of thiophene rings is 1. The topological polar surface area (TPSA) is 55.5 Å². The van der Waals surface area contributed by atoms with Gasteiger partial charge in [0.15, 0.2) is 0 Å². The summed E-state index contributed by atoms with van der Waals surface area (Å²) in [4.78, 5) is 0. The lowest BCUT2D eigenvalue weighted by Crippen LogP contribution is -2.20. The molecule has 1 unspecified atom stereocenters. The molecule has 2 rings (SSSR count). The fourth-order valence-electron chi connectivity index (χ4n) is 1.37. The van der Waals surface area contributed by atoms with Crippen molar-refractivity contribution in [2.24, 2.45) is 0 Å². The van der Waals surface area contributed by atoms with Crippen LogP contribution in [0.3, 0.4) is 0 Å². The predicted molar refractivity (Wildman–Crippen MR) is 77.4 cm³/mol. The summed E-state index contributed by atoms with van der Waals surface area (Å²) in [7, 11) is 0. The standard InChI is InChI=1S/C13H15NO2S2/c14-11-4-1-2-5-12(11)16-8-10(15)9-18-13-6-3-7-17-13/h1-7,10,15H,8-9,14H2. The van der Waals surface area contributed by atoms with Crippen LogP contribution in [0.25, 0.3) is 0 Å². The quantitative estimate of drug-likeness (QED) is 0.631. The van der Waals surface area contributed by atoms with Crippen LogP contribution in [0.1, 0.15) is 0 Å². The number of aliphatic hydroxyl groups excluding tert-OH is 1. The Bertz CT molecular complexity index is 474. The second-order valence-electron chi connectivity index (χ2n) is 3.75. The van der Waals surface area contributed by atoms with Crippen molar-refractivity contribution in [3.63, 3.8) is 0 Å². The molecule has 0 saturated carbocycles. The molecule has 1 heterocycles. The number of nitrogens with two attached hydrogens (primary N) is 1. The summed E-state index contributed by atoms with van der Waals surface area (Å²) in [5.74, 6) is 1.24. The van der Waals surface area contributed by atoms with Gasteiger partial charge in [-0.3, -0.25) is 0 Å². The van der Waals surface area contributed by atoms with Crippen LogP contribution < -0.4 is 10.5 Å². The highest BCUT2D eigenvalue weighted by atomic mass is 32.2. The average molecular weight is 281 g/mol. The third-order valence-corrected chi connectivity index (χ3v) is 4.54. The molecule has 3 N–H and O–H groups in total. The third kappa shape index (κ3) is 3.94. The van der Waals surface area contributed by atoms with E-state index in [0.29, 0.717) is 17.2 Å². The maximum Gasteiger partial charge on any atom is 0.142 e. The van der Waals surface area contributed by atoms with E-state index in [-0.39, 0.29) is 6.61 Å². The first-order valence-corrected chi connectivity index (χ1v) is 7.44. The van der Waals surface area contributed by atoms with E-state index in [2.05, 4.69) is 0 Å². The van der Waals surface area contributed by atoms with Gasteiger partial charge in [0.05, 0.1) is 16.0 Å². The van der Waals surface area contributed by atoms with E-state index in [0.717, 1.165) is 0 Å². The van der Waals surface area contributed by atoms with Crippen LogP contribution in [0, 0.1) is 0 Å². The monoisotopic (exact) mass is 281 g/mol. The summed E-state index contributed by atoms with van der Waals surface area (Å²) in [6.07, 6.45) is -0.503. The molecule has 0 amide bonds. The fourth-order valence-corrected chi connectivity index (χ4v) is 3.09. The maximum atomic E-state index is 9.82. The highest BCUT2D eigenvalue weighted by Gasteiger charge is 2.08. The molecule has 0 aliphatic heterocycles. The van der Waals surface area contributed by atoms with E-state index in [9.17, 15) is 5.11 Å². The average Bonchev–Trinajstić information content (AvgIpc) is 2.88. The molecule has 0 bridgehead atoms. The van der Waals surface area contributed by atoms with Gasteiger partial charge in [0.1, 0.15) is 12.4 Å². The van der Waals surface area contributed by atoms with Gasteiger partial charge >= 0.3 is 0 Å². The minimum absolute atomic E-state index is 0.257. The number of hydrogen-bond donors (Lipinski definition) is 2. The van der Waals surface area contributed by atoms with Crippen molar-refractivity contribution in [3.8, 4) is 5.75 Å². The molecular formula is C13H15NO2S2. The van der Waals surface area contributed by atoms with Gasteiger partial charge in [-0.2, -0.15) is 0 Å². The Morgan fingerprint density at radius 3 is 2.83 bits per heavy atom. The van der Waals surface area contributed by atoms with Gasteiger partial charge in [-0.05, 0) is 23.6 Å². The SMILES string of the molecule is Nc1ccccc1OCC(O)CSc1cccs1. The lowest BCUT2D eigenvalue weighted by atomic mass is 10.3. The van der Waals surface area contributed by atoms with Gasteiger partial charge in [0.25, 0.3) is 0 Å². The van der Waals surface area contributed by atoms with Gasteiger partial charge in [0.2, 0.25) is 0 Å². The van der Waals surface area contributed by atoms with Gasteiger partial charge in [-0.25, -0.2) is 0 Å². The molecule has 0 spiro atoms. The number of hydrogen-bond acceptors (Lipinski definition) is 5. The first kappa shape index (κ1) is 13.3. The molecule has 0 saturated heterocycles. The van der Waals surface area contributed by atoms with Crippen LogP contribution in [-0.4, -0.2) is 23.6 Å². The highest BCUT2D eigenvalue weighted by Crippen LogP contribution is 2.24. The summed E-state index contributed by atoms with van der Waals surface area (Å²) in [6.45, 7) is 0.257. The summed E-state index contributed by atoms with van der Waals surface area (Å²) < 4.78 is 6.69. The minimum Gasteiger partial charge on any atom is -0.489 e. The van der Waals surface area contributed by atoms with E-state index in [1.54, 1.807) is 35.2 Å². The van der Waals surface area contributed by atoms with Gasteiger partial charge in [-0.1, -0.05) is 18.2 Å². The molecule has 96 valence electrons. The Morgan fingerprint density at radius 2 is 2.11 bits per heavy atom. The minimum atomic E-state index is -0.503. The second-order valence-corrected chi connectivity index (χ2v) is 6.01. The highest BCUT2D eigenvalue weighted by molar-refractivity contribution is 8.01. The molecule has 1 atom stereocenters. The van der Waals surface area contributed by atoms with Crippen molar-refractivity contribution in [2.45, 2.75) is 10.3 Å². The zero-order valence-corrected chi connectivity index (χ0v) is 11.4. The van der Waals surface area contributed by atoms with Gasteiger partial charge in [0, 0.05) is 5.75 Å². The molecule has 18 heavy (non-hydrogen) atoms. The number of rotatable bonds is 6. The fraction of sp³-hybridized carbons (Fsp3) is 0.231. The normalized spacial score (nSPS) is 12.3. The van der Waals surface area contributed by atoms with Crippen molar-refractivity contribution in [1.82, 2.24) is 0 Å². The Labute approximate surface area is 115 Å². The van der Waals surface area contributed by atoms with Crippen molar-refractivity contribution < 1.29 is 9.84 Å². The van der Waals surface area contributed by atoms with E-state index < -0.39 is 6.10 Å². The number of thioether (sulfide) groups is 1. The predicted octanol–water partition coefficient (Wildman–Crippen LogP) is 2.86. The van der Waals surface area contributed by atoms with Crippen LogP contribution in [0.4, 0.5) is 5.69 Å². The first-order chi connectivity index (χ1) is 8.75. The van der Waals surface area contributed by atoms with Crippen LogP contribution in [0.5, 0.6) is 5.75 Å². The summed E-state index contributed by atoms with van der Waals surface area (Å²) in [5, 5.41) is 11.8. The molecule has 0 aliphatic rings. The Kier molecular flexibility index (Phi) is 4.92. The molecule has 5 heteroatoms. The molecule has 3 nitrogen and oxygen atoms in total. The lowest BCUT2D eigenvalue weighted by molar-refractivity contribution is 0.127. The van der Waals surface area contributed by atoms with Crippen molar-refractivity contribution >= 4 is 28.8 Å².